The number of hydrogen-bond acceptors (Lipinski definition) is 3. The SMILES string of the molecule is C[C@H](N)c1ccc(Oc2cncc(Cl)c2)cc1Br. The third-order valence-electron chi connectivity index (χ3n) is 2.38. The molecule has 0 aliphatic heterocycles. The quantitative estimate of drug-likeness (QED) is 0.914. The molecule has 18 heavy (non-hydrogen) atoms. The predicted molar refractivity (Wildman–Crippen MR) is 76.1 cm³/mol. The second-order valence-corrected chi connectivity index (χ2v) is 5.20. The molecule has 0 spiro atoms. The Morgan fingerprint density at radius 2 is 2.06 bits per heavy atom. The van der Waals surface area contributed by atoms with Crippen molar-refractivity contribution in [2.75, 3.05) is 0 Å². The van der Waals surface area contributed by atoms with Gasteiger partial charge in [-0.15, -0.1) is 0 Å². The zero-order valence-corrected chi connectivity index (χ0v) is 12.1. The molecule has 0 bridgehead atoms. The van der Waals surface area contributed by atoms with Crippen LogP contribution >= 0.6 is 27.5 Å². The van der Waals surface area contributed by atoms with Crippen LogP contribution in [0.15, 0.2) is 41.1 Å². The van der Waals surface area contributed by atoms with E-state index >= 15 is 0 Å². The van der Waals surface area contributed by atoms with E-state index in [1.54, 1.807) is 18.5 Å². The first kappa shape index (κ1) is 13.3. The first-order valence-corrected chi connectivity index (χ1v) is 6.57. The Hall–Kier alpha value is -1.10. The highest BCUT2D eigenvalue weighted by molar-refractivity contribution is 9.10. The van der Waals surface area contributed by atoms with Gasteiger partial charge in [-0.2, -0.15) is 0 Å². The Kier molecular flexibility index (Phi) is 4.22. The van der Waals surface area contributed by atoms with Crippen molar-refractivity contribution in [1.29, 1.82) is 0 Å². The molecule has 0 fully saturated rings. The molecule has 0 radical (unpaired) electrons. The van der Waals surface area contributed by atoms with Crippen LogP contribution in [0, 0.1) is 0 Å². The maximum absolute atomic E-state index is 5.84. The van der Waals surface area contributed by atoms with Crippen molar-refractivity contribution in [3.8, 4) is 11.5 Å². The summed E-state index contributed by atoms with van der Waals surface area (Å²) in [7, 11) is 0. The van der Waals surface area contributed by atoms with Crippen LogP contribution in [-0.2, 0) is 0 Å². The van der Waals surface area contributed by atoms with Crippen LogP contribution < -0.4 is 10.5 Å². The zero-order valence-electron chi connectivity index (χ0n) is 9.73. The molecular formula is C13H12BrClN2O. The summed E-state index contributed by atoms with van der Waals surface area (Å²) < 4.78 is 6.58. The molecule has 2 rings (SSSR count). The Bertz CT molecular complexity index is 560. The van der Waals surface area contributed by atoms with E-state index in [2.05, 4.69) is 20.9 Å². The number of benzene rings is 1. The van der Waals surface area contributed by atoms with Crippen molar-refractivity contribution in [3.05, 3.63) is 51.7 Å². The summed E-state index contributed by atoms with van der Waals surface area (Å²) in [6.07, 6.45) is 3.17. The molecule has 0 amide bonds. The van der Waals surface area contributed by atoms with Crippen LogP contribution in [0.25, 0.3) is 0 Å². The maximum Gasteiger partial charge on any atom is 0.147 e. The number of aromatic nitrogens is 1. The van der Waals surface area contributed by atoms with E-state index in [4.69, 9.17) is 22.1 Å². The smallest absolute Gasteiger partial charge is 0.147 e. The van der Waals surface area contributed by atoms with Gasteiger partial charge >= 0.3 is 0 Å². The zero-order chi connectivity index (χ0) is 13.1. The summed E-state index contributed by atoms with van der Waals surface area (Å²) in [5, 5.41) is 0.541. The topological polar surface area (TPSA) is 48.1 Å². The number of nitrogens with two attached hydrogens (primary N) is 1. The van der Waals surface area contributed by atoms with Gasteiger partial charge in [-0.05, 0) is 24.6 Å². The second-order valence-electron chi connectivity index (χ2n) is 3.91. The van der Waals surface area contributed by atoms with Gasteiger partial charge in [0, 0.05) is 22.8 Å². The van der Waals surface area contributed by atoms with Crippen molar-refractivity contribution < 1.29 is 4.74 Å². The van der Waals surface area contributed by atoms with Gasteiger partial charge in [0.05, 0.1) is 11.2 Å². The molecule has 0 saturated heterocycles. The highest BCUT2D eigenvalue weighted by Crippen LogP contribution is 2.29. The summed E-state index contributed by atoms with van der Waals surface area (Å²) >= 11 is 9.31. The Labute approximate surface area is 119 Å². The predicted octanol–water partition coefficient (Wildman–Crippen LogP) is 4.31. The van der Waals surface area contributed by atoms with Crippen LogP contribution in [-0.4, -0.2) is 4.98 Å². The van der Waals surface area contributed by atoms with E-state index in [1.165, 1.54) is 0 Å². The summed E-state index contributed by atoms with van der Waals surface area (Å²) in [6.45, 7) is 1.93. The second kappa shape index (κ2) is 5.69. The molecule has 0 aliphatic carbocycles. The summed E-state index contributed by atoms with van der Waals surface area (Å²) in [6, 6.07) is 7.36. The van der Waals surface area contributed by atoms with Crippen LogP contribution in [0.3, 0.4) is 0 Å². The Morgan fingerprint density at radius 3 is 2.67 bits per heavy atom. The van der Waals surface area contributed by atoms with Crippen molar-refractivity contribution in [2.24, 2.45) is 5.73 Å². The largest absolute Gasteiger partial charge is 0.456 e. The van der Waals surface area contributed by atoms with Crippen molar-refractivity contribution in [1.82, 2.24) is 4.98 Å². The summed E-state index contributed by atoms with van der Waals surface area (Å²) in [5.41, 5.74) is 6.87. The molecule has 94 valence electrons. The molecular weight excluding hydrogens is 316 g/mol. The lowest BCUT2D eigenvalue weighted by atomic mass is 10.1. The number of rotatable bonds is 3. The fourth-order valence-corrected chi connectivity index (χ4v) is 2.41. The minimum Gasteiger partial charge on any atom is -0.456 e. The van der Waals surface area contributed by atoms with Crippen LogP contribution in [0.2, 0.25) is 5.02 Å². The van der Waals surface area contributed by atoms with Gasteiger partial charge in [-0.1, -0.05) is 33.6 Å². The average molecular weight is 328 g/mol. The number of halogens is 2. The van der Waals surface area contributed by atoms with Gasteiger partial charge in [0.25, 0.3) is 0 Å². The molecule has 1 atom stereocenters. The van der Waals surface area contributed by atoms with E-state index in [1.807, 2.05) is 25.1 Å². The van der Waals surface area contributed by atoms with Gasteiger partial charge in [0.1, 0.15) is 11.5 Å². The third kappa shape index (κ3) is 3.22. The third-order valence-corrected chi connectivity index (χ3v) is 3.27. The van der Waals surface area contributed by atoms with Gasteiger partial charge in [-0.3, -0.25) is 4.98 Å². The van der Waals surface area contributed by atoms with E-state index in [0.29, 0.717) is 16.5 Å². The van der Waals surface area contributed by atoms with Crippen LogP contribution in [0.5, 0.6) is 11.5 Å². The van der Waals surface area contributed by atoms with Crippen molar-refractivity contribution in [3.63, 3.8) is 0 Å². The van der Waals surface area contributed by atoms with E-state index < -0.39 is 0 Å². The number of hydrogen-bond donors (Lipinski definition) is 1. The highest BCUT2D eigenvalue weighted by Gasteiger charge is 2.07. The highest BCUT2D eigenvalue weighted by atomic mass is 79.9. The number of pyridine rings is 1. The fourth-order valence-electron chi connectivity index (χ4n) is 1.52. The van der Waals surface area contributed by atoms with Gasteiger partial charge in [0.2, 0.25) is 0 Å². The lowest BCUT2D eigenvalue weighted by Crippen LogP contribution is -2.05. The summed E-state index contributed by atoms with van der Waals surface area (Å²) in [4.78, 5) is 3.96. The molecule has 0 unspecified atom stereocenters. The molecule has 3 nitrogen and oxygen atoms in total. The lowest BCUT2D eigenvalue weighted by molar-refractivity contribution is 0.479. The molecule has 1 heterocycles. The Balaban J connectivity index is 2.23. The number of nitrogens with zero attached hydrogens (tertiary/aromatic N) is 1. The minimum atomic E-state index is -0.0266. The monoisotopic (exact) mass is 326 g/mol. The average Bonchev–Trinajstić information content (AvgIpc) is 2.28. The summed E-state index contributed by atoms with van der Waals surface area (Å²) in [5.74, 6) is 1.30. The fraction of sp³-hybridized carbons (Fsp3) is 0.154. The van der Waals surface area contributed by atoms with E-state index in [9.17, 15) is 0 Å². The number of ether oxygens (including phenoxy) is 1. The molecule has 2 N–H and O–H groups in total. The van der Waals surface area contributed by atoms with Gasteiger partial charge < -0.3 is 10.5 Å². The van der Waals surface area contributed by atoms with Crippen molar-refractivity contribution in [2.45, 2.75) is 13.0 Å². The van der Waals surface area contributed by atoms with Crippen LogP contribution in [0.1, 0.15) is 18.5 Å². The van der Waals surface area contributed by atoms with E-state index in [0.717, 1.165) is 10.0 Å². The molecule has 0 saturated carbocycles. The molecule has 1 aromatic heterocycles. The minimum absolute atomic E-state index is 0.0266. The molecule has 2 aromatic rings. The molecule has 1 aromatic carbocycles. The van der Waals surface area contributed by atoms with E-state index in [-0.39, 0.29) is 6.04 Å². The first-order chi connectivity index (χ1) is 8.56. The van der Waals surface area contributed by atoms with Crippen LogP contribution in [0.4, 0.5) is 0 Å². The maximum atomic E-state index is 5.84. The normalized spacial score (nSPS) is 12.2. The molecule has 5 heteroatoms. The first-order valence-electron chi connectivity index (χ1n) is 5.39. The molecule has 0 aliphatic rings. The lowest BCUT2D eigenvalue weighted by Gasteiger charge is -2.11. The Morgan fingerprint density at radius 1 is 1.28 bits per heavy atom. The van der Waals surface area contributed by atoms with Crippen molar-refractivity contribution >= 4 is 27.5 Å². The van der Waals surface area contributed by atoms with Gasteiger partial charge in [0.15, 0.2) is 0 Å². The standard InChI is InChI=1S/C13H12BrClN2O/c1-8(16)12-3-2-10(5-13(12)14)18-11-4-9(15)6-17-7-11/h2-8H,16H2,1H3/t8-/m0/s1. The van der Waals surface area contributed by atoms with Gasteiger partial charge in [-0.25, -0.2) is 0 Å².